The molecular formula is C21H29N5O. The van der Waals surface area contributed by atoms with Gasteiger partial charge in [-0.25, -0.2) is 4.79 Å². The Morgan fingerprint density at radius 1 is 1.11 bits per heavy atom. The first-order valence-electron chi connectivity index (χ1n) is 9.96. The van der Waals surface area contributed by atoms with E-state index in [1.165, 1.54) is 48.9 Å². The summed E-state index contributed by atoms with van der Waals surface area (Å²) < 4.78 is 1.51. The highest BCUT2D eigenvalue weighted by Crippen LogP contribution is 2.48. The summed E-state index contributed by atoms with van der Waals surface area (Å²) in [5.74, 6) is 0.247. The maximum atomic E-state index is 11.9. The Kier molecular flexibility index (Phi) is 5.02. The molecule has 1 aromatic carbocycles. The lowest BCUT2D eigenvalue weighted by Crippen LogP contribution is -2.52. The number of likely N-dealkylation sites (tertiary alicyclic amines) is 1. The Morgan fingerprint density at radius 2 is 1.81 bits per heavy atom. The summed E-state index contributed by atoms with van der Waals surface area (Å²) in [5.41, 5.74) is 13.9. The highest BCUT2D eigenvalue weighted by atomic mass is 16.1. The molecular weight excluding hydrogens is 338 g/mol. The van der Waals surface area contributed by atoms with Gasteiger partial charge in [-0.15, -0.1) is 0 Å². The lowest BCUT2D eigenvalue weighted by atomic mass is 9.61. The standard InChI is InChI=1S/C21H29N5O/c22-17-14-21(15-17)8-12-25(13-9-21)10-1-2-16-3-5-18(6-4-16)26-11-7-19(23)24-20(26)27/h3-7,11,17H,1-2,8-10,12-15,22H2,(H2,23,24,27). The van der Waals surface area contributed by atoms with E-state index in [1.807, 2.05) is 12.1 Å². The first-order chi connectivity index (χ1) is 13.0. The van der Waals surface area contributed by atoms with Crippen LogP contribution in [0.4, 0.5) is 5.82 Å². The van der Waals surface area contributed by atoms with Crippen LogP contribution in [-0.4, -0.2) is 40.1 Å². The number of anilines is 1. The topological polar surface area (TPSA) is 90.2 Å². The molecule has 0 amide bonds. The molecule has 2 heterocycles. The number of rotatable bonds is 5. The lowest BCUT2D eigenvalue weighted by Gasteiger charge is -2.51. The van der Waals surface area contributed by atoms with Gasteiger partial charge in [-0.1, -0.05) is 12.1 Å². The number of hydrogen-bond donors (Lipinski definition) is 2. The molecule has 2 aromatic rings. The summed E-state index contributed by atoms with van der Waals surface area (Å²) >= 11 is 0. The largest absolute Gasteiger partial charge is 0.383 e. The van der Waals surface area contributed by atoms with Crippen molar-refractivity contribution < 1.29 is 0 Å². The molecule has 1 aliphatic heterocycles. The highest BCUT2D eigenvalue weighted by Gasteiger charge is 2.43. The van der Waals surface area contributed by atoms with Gasteiger partial charge in [0.15, 0.2) is 0 Å². The van der Waals surface area contributed by atoms with Crippen molar-refractivity contribution in [2.45, 2.75) is 44.6 Å². The van der Waals surface area contributed by atoms with E-state index >= 15 is 0 Å². The van der Waals surface area contributed by atoms with Gasteiger partial charge in [0, 0.05) is 12.2 Å². The van der Waals surface area contributed by atoms with Crippen LogP contribution in [0.15, 0.2) is 41.3 Å². The van der Waals surface area contributed by atoms with E-state index in [4.69, 9.17) is 11.5 Å². The number of aromatic nitrogens is 2. The van der Waals surface area contributed by atoms with Crippen LogP contribution in [0.25, 0.3) is 5.69 Å². The fourth-order valence-corrected chi connectivity index (χ4v) is 4.65. The minimum absolute atomic E-state index is 0.247. The van der Waals surface area contributed by atoms with E-state index < -0.39 is 0 Å². The molecule has 4 rings (SSSR count). The molecule has 6 heteroatoms. The van der Waals surface area contributed by atoms with Crippen molar-refractivity contribution in [1.82, 2.24) is 14.5 Å². The molecule has 0 atom stereocenters. The molecule has 4 N–H and O–H groups in total. The van der Waals surface area contributed by atoms with Gasteiger partial charge in [0.2, 0.25) is 0 Å². The van der Waals surface area contributed by atoms with Gasteiger partial charge < -0.3 is 16.4 Å². The second-order valence-electron chi connectivity index (χ2n) is 8.28. The average molecular weight is 367 g/mol. The maximum Gasteiger partial charge on any atom is 0.354 e. The summed E-state index contributed by atoms with van der Waals surface area (Å²) in [5, 5.41) is 0. The fraction of sp³-hybridized carbons (Fsp3) is 0.524. The van der Waals surface area contributed by atoms with Gasteiger partial charge in [0.1, 0.15) is 5.82 Å². The Balaban J connectivity index is 1.25. The van der Waals surface area contributed by atoms with Crippen LogP contribution in [0, 0.1) is 5.41 Å². The molecule has 1 saturated heterocycles. The molecule has 0 unspecified atom stereocenters. The number of nitrogens with two attached hydrogens (primary N) is 2. The second kappa shape index (κ2) is 7.44. The van der Waals surface area contributed by atoms with Crippen molar-refractivity contribution in [2.75, 3.05) is 25.4 Å². The van der Waals surface area contributed by atoms with E-state index in [1.54, 1.807) is 12.3 Å². The minimum Gasteiger partial charge on any atom is -0.383 e. The quantitative estimate of drug-likeness (QED) is 0.843. The Labute approximate surface area is 160 Å². The van der Waals surface area contributed by atoms with Gasteiger partial charge in [-0.2, -0.15) is 4.98 Å². The van der Waals surface area contributed by atoms with Gasteiger partial charge in [0.05, 0.1) is 5.69 Å². The molecule has 2 aliphatic rings. The van der Waals surface area contributed by atoms with Gasteiger partial charge >= 0.3 is 5.69 Å². The molecule has 2 fully saturated rings. The number of nitrogen functional groups attached to an aromatic ring is 1. The smallest absolute Gasteiger partial charge is 0.354 e. The molecule has 1 spiro atoms. The van der Waals surface area contributed by atoms with Crippen molar-refractivity contribution in [3.63, 3.8) is 0 Å². The second-order valence-corrected chi connectivity index (χ2v) is 8.28. The van der Waals surface area contributed by atoms with E-state index in [2.05, 4.69) is 22.0 Å². The van der Waals surface area contributed by atoms with Crippen molar-refractivity contribution in [3.8, 4) is 5.69 Å². The van der Waals surface area contributed by atoms with Crippen LogP contribution < -0.4 is 17.2 Å². The Hall–Kier alpha value is -2.18. The molecule has 1 aliphatic carbocycles. The summed E-state index contributed by atoms with van der Waals surface area (Å²) in [6.07, 6.45) is 8.99. The Bertz CT molecular complexity index is 828. The zero-order valence-electron chi connectivity index (χ0n) is 15.8. The van der Waals surface area contributed by atoms with Crippen LogP contribution in [0.2, 0.25) is 0 Å². The third kappa shape index (κ3) is 4.06. The molecule has 1 aromatic heterocycles. The van der Waals surface area contributed by atoms with Crippen LogP contribution >= 0.6 is 0 Å². The SMILES string of the molecule is Nc1ccn(-c2ccc(CCCN3CCC4(CC3)CC(N)C4)cc2)c(=O)n1. The van der Waals surface area contributed by atoms with Crippen LogP contribution in [0.3, 0.4) is 0 Å². The van der Waals surface area contributed by atoms with Gasteiger partial charge in [0.25, 0.3) is 0 Å². The zero-order chi connectivity index (χ0) is 18.9. The zero-order valence-corrected chi connectivity index (χ0v) is 15.8. The number of nitrogens with zero attached hydrogens (tertiary/aromatic N) is 3. The Morgan fingerprint density at radius 3 is 2.44 bits per heavy atom. The lowest BCUT2D eigenvalue weighted by molar-refractivity contribution is 0.0178. The van der Waals surface area contributed by atoms with Crippen molar-refractivity contribution in [2.24, 2.45) is 11.1 Å². The minimum atomic E-state index is -0.349. The molecule has 27 heavy (non-hydrogen) atoms. The molecule has 0 radical (unpaired) electrons. The van der Waals surface area contributed by atoms with Gasteiger partial charge in [-0.3, -0.25) is 4.57 Å². The van der Waals surface area contributed by atoms with E-state index in [-0.39, 0.29) is 11.5 Å². The molecule has 144 valence electrons. The van der Waals surface area contributed by atoms with E-state index in [9.17, 15) is 4.79 Å². The van der Waals surface area contributed by atoms with Crippen LogP contribution in [-0.2, 0) is 6.42 Å². The van der Waals surface area contributed by atoms with E-state index in [0.717, 1.165) is 25.1 Å². The number of piperidine rings is 1. The van der Waals surface area contributed by atoms with Gasteiger partial charge in [-0.05, 0) is 87.3 Å². The highest BCUT2D eigenvalue weighted by molar-refractivity contribution is 5.36. The predicted molar refractivity (Wildman–Crippen MR) is 108 cm³/mol. The number of aryl methyl sites for hydroxylation is 1. The third-order valence-electron chi connectivity index (χ3n) is 6.29. The molecule has 1 saturated carbocycles. The third-order valence-corrected chi connectivity index (χ3v) is 6.29. The number of hydrogen-bond acceptors (Lipinski definition) is 5. The monoisotopic (exact) mass is 367 g/mol. The summed E-state index contributed by atoms with van der Waals surface area (Å²) in [7, 11) is 0. The van der Waals surface area contributed by atoms with E-state index in [0.29, 0.717) is 11.5 Å². The van der Waals surface area contributed by atoms with Crippen LogP contribution in [0.1, 0.15) is 37.7 Å². The summed E-state index contributed by atoms with van der Waals surface area (Å²) in [6.45, 7) is 3.60. The van der Waals surface area contributed by atoms with Crippen LogP contribution in [0.5, 0.6) is 0 Å². The summed E-state index contributed by atoms with van der Waals surface area (Å²) in [6, 6.07) is 10.2. The predicted octanol–water partition coefficient (Wildman–Crippen LogP) is 1.95. The average Bonchev–Trinajstić information content (AvgIpc) is 2.63. The van der Waals surface area contributed by atoms with Crippen molar-refractivity contribution in [3.05, 3.63) is 52.6 Å². The number of benzene rings is 1. The normalized spacial score (nSPS) is 19.9. The summed E-state index contributed by atoms with van der Waals surface area (Å²) in [4.78, 5) is 18.3. The first kappa shape index (κ1) is 18.2. The maximum absolute atomic E-state index is 11.9. The van der Waals surface area contributed by atoms with Crippen molar-refractivity contribution >= 4 is 5.82 Å². The fourth-order valence-electron chi connectivity index (χ4n) is 4.65. The first-order valence-corrected chi connectivity index (χ1v) is 9.96. The van der Waals surface area contributed by atoms with Crippen molar-refractivity contribution in [1.29, 1.82) is 0 Å². The molecule has 6 nitrogen and oxygen atoms in total. The molecule has 0 bridgehead atoms.